The van der Waals surface area contributed by atoms with Crippen LogP contribution in [-0.4, -0.2) is 22.1 Å². The van der Waals surface area contributed by atoms with Crippen LogP contribution in [0.15, 0.2) is 40.8 Å². The second-order valence-corrected chi connectivity index (χ2v) is 7.75. The quantitative estimate of drug-likeness (QED) is 0.396. The third kappa shape index (κ3) is 4.17. The molecule has 0 amide bonds. The van der Waals surface area contributed by atoms with Crippen molar-refractivity contribution in [3.8, 4) is 11.1 Å². The van der Waals surface area contributed by atoms with Gasteiger partial charge in [-0.05, 0) is 30.9 Å². The molecule has 0 aliphatic carbocycles. The molecule has 3 aromatic rings. The minimum absolute atomic E-state index is 0.209. The minimum atomic E-state index is -0.707. The van der Waals surface area contributed by atoms with Gasteiger partial charge < -0.3 is 4.74 Å². The molecule has 0 saturated heterocycles. The van der Waals surface area contributed by atoms with Gasteiger partial charge in [0, 0.05) is 10.9 Å². The van der Waals surface area contributed by atoms with Crippen LogP contribution in [0.3, 0.4) is 0 Å². The summed E-state index contributed by atoms with van der Waals surface area (Å²) < 4.78 is 6.70. The molecular formula is C22H26N2O3S. The highest BCUT2D eigenvalue weighted by Crippen LogP contribution is 2.31. The number of thiophene rings is 1. The Balaban J connectivity index is 1.92. The maximum Gasteiger partial charge on any atom is 0.328 e. The number of aryl methyl sites for hydroxylation is 1. The molecule has 0 saturated carbocycles. The number of unbranched alkanes of at least 4 members (excludes halogenated alkanes) is 2. The molecule has 0 aliphatic rings. The molecule has 1 aromatic carbocycles. The van der Waals surface area contributed by atoms with Crippen LogP contribution in [0.4, 0.5) is 0 Å². The summed E-state index contributed by atoms with van der Waals surface area (Å²) in [5.74, 6) is -0.400. The summed E-state index contributed by atoms with van der Waals surface area (Å²) in [6.07, 6.45) is 5.33. The second-order valence-electron chi connectivity index (χ2n) is 6.89. The van der Waals surface area contributed by atoms with E-state index in [1.54, 1.807) is 6.92 Å². The van der Waals surface area contributed by atoms with E-state index in [0.29, 0.717) is 16.8 Å². The Labute approximate surface area is 169 Å². The molecule has 0 spiro atoms. The van der Waals surface area contributed by atoms with Crippen LogP contribution >= 0.6 is 11.3 Å². The molecule has 0 aliphatic heterocycles. The third-order valence-electron chi connectivity index (χ3n) is 4.94. The first-order valence-corrected chi connectivity index (χ1v) is 10.7. The zero-order valence-electron chi connectivity index (χ0n) is 16.6. The van der Waals surface area contributed by atoms with Crippen molar-refractivity contribution < 1.29 is 9.53 Å². The van der Waals surface area contributed by atoms with Gasteiger partial charge in [0.2, 0.25) is 0 Å². The van der Waals surface area contributed by atoms with Gasteiger partial charge in [-0.3, -0.25) is 9.36 Å². The molecule has 1 atom stereocenters. The smallest absolute Gasteiger partial charge is 0.328 e. The Bertz CT molecular complexity index is 1000. The largest absolute Gasteiger partial charge is 0.464 e. The number of fused-ring (bicyclic) bond motifs is 1. The number of nitrogens with zero attached hydrogens (tertiary/aromatic N) is 2. The number of aromatic nitrogens is 2. The first-order valence-electron chi connectivity index (χ1n) is 9.81. The number of rotatable bonds is 8. The van der Waals surface area contributed by atoms with Crippen molar-refractivity contribution >= 4 is 27.5 Å². The lowest BCUT2D eigenvalue weighted by Gasteiger charge is -2.14. The van der Waals surface area contributed by atoms with Crippen molar-refractivity contribution in [2.45, 2.75) is 52.5 Å². The topological polar surface area (TPSA) is 61.2 Å². The average Bonchev–Trinajstić information content (AvgIpc) is 3.16. The summed E-state index contributed by atoms with van der Waals surface area (Å²) in [6, 6.07) is 7.50. The number of hydrogen-bond acceptors (Lipinski definition) is 5. The van der Waals surface area contributed by atoms with Crippen LogP contribution in [0, 0.1) is 0 Å². The molecular weight excluding hydrogens is 372 g/mol. The van der Waals surface area contributed by atoms with E-state index < -0.39 is 12.0 Å². The van der Waals surface area contributed by atoms with Crippen LogP contribution in [-0.2, 0) is 16.0 Å². The predicted molar refractivity (Wildman–Crippen MR) is 114 cm³/mol. The lowest BCUT2D eigenvalue weighted by atomic mass is 10.0. The zero-order valence-corrected chi connectivity index (χ0v) is 17.4. The summed E-state index contributed by atoms with van der Waals surface area (Å²) in [6.45, 7) is 6.27. The maximum absolute atomic E-state index is 13.2. The van der Waals surface area contributed by atoms with E-state index in [-0.39, 0.29) is 5.56 Å². The number of hydrogen-bond donors (Lipinski definition) is 0. The van der Waals surface area contributed by atoms with Gasteiger partial charge in [0.05, 0.1) is 18.3 Å². The minimum Gasteiger partial charge on any atom is -0.464 e. The van der Waals surface area contributed by atoms with Crippen molar-refractivity contribution in [3.63, 3.8) is 0 Å². The Hall–Kier alpha value is -2.47. The molecule has 0 bridgehead atoms. The van der Waals surface area contributed by atoms with Crippen molar-refractivity contribution in [2.24, 2.45) is 0 Å². The number of ether oxygens (including phenoxy) is 1. The Morgan fingerprint density at radius 2 is 1.96 bits per heavy atom. The average molecular weight is 399 g/mol. The third-order valence-corrected chi connectivity index (χ3v) is 5.83. The summed E-state index contributed by atoms with van der Waals surface area (Å²) in [5, 5.41) is 2.51. The van der Waals surface area contributed by atoms with Gasteiger partial charge in [-0.1, -0.05) is 51.0 Å². The van der Waals surface area contributed by atoms with Crippen LogP contribution < -0.4 is 5.56 Å². The summed E-state index contributed by atoms with van der Waals surface area (Å²) in [4.78, 5) is 30.6. The SMILES string of the molecule is CCCCCOC(=O)C(C)n1cnc2scc(-c3ccc(CC)cc3)c2c1=O. The van der Waals surface area contributed by atoms with E-state index >= 15 is 0 Å². The molecule has 0 radical (unpaired) electrons. The van der Waals surface area contributed by atoms with E-state index in [1.807, 2.05) is 17.5 Å². The fourth-order valence-corrected chi connectivity index (χ4v) is 4.02. The molecule has 3 rings (SSSR count). The normalized spacial score (nSPS) is 12.2. The van der Waals surface area contributed by atoms with Gasteiger partial charge in [-0.25, -0.2) is 9.78 Å². The molecule has 6 heteroatoms. The molecule has 0 N–H and O–H groups in total. The van der Waals surface area contributed by atoms with Crippen LogP contribution in [0.1, 0.15) is 51.6 Å². The van der Waals surface area contributed by atoms with Gasteiger partial charge in [0.1, 0.15) is 10.9 Å². The first kappa shape index (κ1) is 20.3. The molecule has 28 heavy (non-hydrogen) atoms. The summed E-state index contributed by atoms with van der Waals surface area (Å²) >= 11 is 1.44. The van der Waals surface area contributed by atoms with Crippen LogP contribution in [0.2, 0.25) is 0 Å². The monoisotopic (exact) mass is 398 g/mol. The number of carbonyl (C=O) groups is 1. The van der Waals surface area contributed by atoms with Crippen molar-refractivity contribution in [3.05, 3.63) is 51.9 Å². The Morgan fingerprint density at radius 1 is 1.21 bits per heavy atom. The highest BCUT2D eigenvalue weighted by molar-refractivity contribution is 7.17. The van der Waals surface area contributed by atoms with E-state index in [9.17, 15) is 9.59 Å². The fraction of sp³-hybridized carbons (Fsp3) is 0.409. The lowest BCUT2D eigenvalue weighted by molar-refractivity contribution is -0.147. The second kappa shape index (κ2) is 9.15. The zero-order chi connectivity index (χ0) is 20.1. The molecule has 0 fully saturated rings. The Kier molecular flexibility index (Phi) is 6.62. The number of carbonyl (C=O) groups excluding carboxylic acids is 1. The van der Waals surface area contributed by atoms with Crippen LogP contribution in [0.25, 0.3) is 21.3 Å². The van der Waals surface area contributed by atoms with Gasteiger partial charge >= 0.3 is 5.97 Å². The van der Waals surface area contributed by atoms with Crippen molar-refractivity contribution in [1.82, 2.24) is 9.55 Å². The van der Waals surface area contributed by atoms with E-state index in [2.05, 4.69) is 31.0 Å². The standard InChI is InChI=1S/C22H26N2O3S/c1-4-6-7-12-27-22(26)15(3)24-14-23-20-19(21(24)25)18(13-28-20)17-10-8-16(5-2)9-11-17/h8-11,13-15H,4-7,12H2,1-3H3. The molecule has 2 aromatic heterocycles. The predicted octanol–water partition coefficient (Wildman–Crippen LogP) is 4.98. The molecule has 5 nitrogen and oxygen atoms in total. The van der Waals surface area contributed by atoms with E-state index in [1.165, 1.54) is 27.8 Å². The van der Waals surface area contributed by atoms with Gasteiger partial charge in [-0.15, -0.1) is 11.3 Å². The summed E-state index contributed by atoms with van der Waals surface area (Å²) in [7, 11) is 0. The van der Waals surface area contributed by atoms with Gasteiger partial charge in [-0.2, -0.15) is 0 Å². The van der Waals surface area contributed by atoms with Crippen LogP contribution in [0.5, 0.6) is 0 Å². The Morgan fingerprint density at radius 3 is 2.64 bits per heavy atom. The van der Waals surface area contributed by atoms with Gasteiger partial charge in [0.25, 0.3) is 5.56 Å². The summed E-state index contributed by atoms with van der Waals surface area (Å²) in [5.41, 5.74) is 2.88. The van der Waals surface area contributed by atoms with E-state index in [4.69, 9.17) is 4.74 Å². The highest BCUT2D eigenvalue weighted by atomic mass is 32.1. The highest BCUT2D eigenvalue weighted by Gasteiger charge is 2.21. The fourth-order valence-electron chi connectivity index (χ4n) is 3.11. The maximum atomic E-state index is 13.2. The van der Waals surface area contributed by atoms with Crippen molar-refractivity contribution in [2.75, 3.05) is 6.61 Å². The number of esters is 1. The molecule has 1 unspecified atom stereocenters. The molecule has 2 heterocycles. The van der Waals surface area contributed by atoms with E-state index in [0.717, 1.165) is 36.8 Å². The van der Waals surface area contributed by atoms with Crippen molar-refractivity contribution in [1.29, 1.82) is 0 Å². The molecule has 148 valence electrons. The number of benzene rings is 1. The lowest BCUT2D eigenvalue weighted by Crippen LogP contribution is -2.29. The first-order chi connectivity index (χ1) is 13.6. The van der Waals surface area contributed by atoms with Gasteiger partial charge in [0.15, 0.2) is 0 Å².